The van der Waals surface area contributed by atoms with Crippen LogP contribution >= 0.6 is 0 Å². The van der Waals surface area contributed by atoms with E-state index in [9.17, 15) is 15.0 Å². The van der Waals surface area contributed by atoms with Gasteiger partial charge in [0.05, 0.1) is 18.4 Å². The number of carbonyl (C=O) groups is 1. The molecule has 0 saturated carbocycles. The van der Waals surface area contributed by atoms with Gasteiger partial charge in [-0.3, -0.25) is 4.79 Å². The van der Waals surface area contributed by atoms with Crippen LogP contribution in [-0.2, 0) is 11.2 Å². The number of aliphatic hydroxyl groups excluding tert-OH is 2. The molecule has 2 atom stereocenters. The molecule has 5 nitrogen and oxygen atoms in total. The Labute approximate surface area is 134 Å². The van der Waals surface area contributed by atoms with Crippen LogP contribution < -0.4 is 10.1 Å². The van der Waals surface area contributed by atoms with Gasteiger partial charge in [0.15, 0.2) is 0 Å². The number of fused-ring (bicyclic) bond motifs is 1. The van der Waals surface area contributed by atoms with Crippen LogP contribution in [0.2, 0.25) is 0 Å². The summed E-state index contributed by atoms with van der Waals surface area (Å²) in [7, 11) is 0. The molecule has 0 aliphatic carbocycles. The molecule has 23 heavy (non-hydrogen) atoms. The van der Waals surface area contributed by atoms with Gasteiger partial charge in [0.25, 0.3) is 5.91 Å². The van der Waals surface area contributed by atoms with Crippen LogP contribution in [0.3, 0.4) is 0 Å². The summed E-state index contributed by atoms with van der Waals surface area (Å²) in [6, 6.07) is 14.6. The normalized spacial score (nSPS) is 17.7. The second kappa shape index (κ2) is 6.81. The molecule has 0 bridgehead atoms. The fourth-order valence-electron chi connectivity index (χ4n) is 2.65. The average molecular weight is 313 g/mol. The molecule has 2 aromatic carbocycles. The number of aliphatic hydroxyl groups is 2. The van der Waals surface area contributed by atoms with E-state index in [0.717, 1.165) is 5.56 Å². The minimum absolute atomic E-state index is 0.241. The van der Waals surface area contributed by atoms with Crippen molar-refractivity contribution < 1.29 is 19.7 Å². The van der Waals surface area contributed by atoms with Gasteiger partial charge in [0, 0.05) is 18.4 Å². The molecule has 2 aromatic rings. The SMILES string of the molecule is O=C(Nc1cccc2c1OCC[C@H]2O)[C@@H](O)Cc1ccccc1. The highest BCUT2D eigenvalue weighted by Gasteiger charge is 2.24. The number of para-hydroxylation sites is 1. The molecule has 0 fully saturated rings. The highest BCUT2D eigenvalue weighted by Crippen LogP contribution is 2.37. The standard InChI is InChI=1S/C18H19NO4/c20-15-9-10-23-17-13(15)7-4-8-14(17)19-18(22)16(21)11-12-5-2-1-3-6-12/h1-8,15-16,20-21H,9-11H2,(H,19,22)/t15-,16+/m1/s1. The molecule has 3 rings (SSSR count). The molecular weight excluding hydrogens is 294 g/mol. The predicted octanol–water partition coefficient (Wildman–Crippen LogP) is 2.04. The molecule has 3 N–H and O–H groups in total. The van der Waals surface area contributed by atoms with Crippen molar-refractivity contribution in [2.24, 2.45) is 0 Å². The van der Waals surface area contributed by atoms with Gasteiger partial charge in [-0.1, -0.05) is 42.5 Å². The summed E-state index contributed by atoms with van der Waals surface area (Å²) in [4.78, 5) is 12.2. The Bertz CT molecular complexity index is 687. The summed E-state index contributed by atoms with van der Waals surface area (Å²) in [5, 5.41) is 22.8. The number of hydrogen-bond donors (Lipinski definition) is 3. The highest BCUT2D eigenvalue weighted by molar-refractivity contribution is 5.95. The van der Waals surface area contributed by atoms with Gasteiger partial charge < -0.3 is 20.3 Å². The van der Waals surface area contributed by atoms with Crippen LogP contribution in [0.4, 0.5) is 5.69 Å². The summed E-state index contributed by atoms with van der Waals surface area (Å²) >= 11 is 0. The van der Waals surface area contributed by atoms with Crippen LogP contribution in [0.25, 0.3) is 0 Å². The van der Waals surface area contributed by atoms with Gasteiger partial charge in [-0.05, 0) is 11.6 Å². The lowest BCUT2D eigenvalue weighted by molar-refractivity contribution is -0.123. The van der Waals surface area contributed by atoms with Gasteiger partial charge in [-0.15, -0.1) is 0 Å². The Morgan fingerprint density at radius 1 is 1.22 bits per heavy atom. The molecule has 0 spiro atoms. The first kappa shape index (κ1) is 15.5. The first-order valence-corrected chi connectivity index (χ1v) is 7.62. The third-order valence-corrected chi connectivity index (χ3v) is 3.87. The summed E-state index contributed by atoms with van der Waals surface area (Å²) in [5.74, 6) is -0.0163. The zero-order valence-electron chi connectivity index (χ0n) is 12.6. The van der Waals surface area contributed by atoms with Crippen molar-refractivity contribution >= 4 is 11.6 Å². The van der Waals surface area contributed by atoms with Gasteiger partial charge in [-0.2, -0.15) is 0 Å². The van der Waals surface area contributed by atoms with Crippen LogP contribution in [0.1, 0.15) is 23.7 Å². The Kier molecular flexibility index (Phi) is 4.60. The van der Waals surface area contributed by atoms with Crippen LogP contribution in [0.15, 0.2) is 48.5 Å². The lowest BCUT2D eigenvalue weighted by atomic mass is 10.0. The smallest absolute Gasteiger partial charge is 0.253 e. The zero-order chi connectivity index (χ0) is 16.2. The Balaban J connectivity index is 1.72. The molecule has 0 unspecified atom stereocenters. The van der Waals surface area contributed by atoms with Crippen molar-refractivity contribution in [2.45, 2.75) is 25.0 Å². The van der Waals surface area contributed by atoms with Crippen molar-refractivity contribution in [1.29, 1.82) is 0 Å². The van der Waals surface area contributed by atoms with E-state index in [1.165, 1.54) is 0 Å². The largest absolute Gasteiger partial charge is 0.491 e. The van der Waals surface area contributed by atoms with Crippen LogP contribution in [0.5, 0.6) is 5.75 Å². The van der Waals surface area contributed by atoms with Gasteiger partial charge in [0.2, 0.25) is 0 Å². The van der Waals surface area contributed by atoms with Crippen molar-refractivity contribution in [3.8, 4) is 5.75 Å². The molecule has 5 heteroatoms. The summed E-state index contributed by atoms with van der Waals surface area (Å²) in [5.41, 5.74) is 2.02. The van der Waals surface area contributed by atoms with E-state index in [1.54, 1.807) is 18.2 Å². The van der Waals surface area contributed by atoms with Crippen molar-refractivity contribution in [1.82, 2.24) is 0 Å². The molecule has 0 radical (unpaired) electrons. The monoisotopic (exact) mass is 313 g/mol. The second-order valence-corrected chi connectivity index (χ2v) is 5.57. The zero-order valence-corrected chi connectivity index (χ0v) is 12.6. The van der Waals surface area contributed by atoms with E-state index >= 15 is 0 Å². The van der Waals surface area contributed by atoms with E-state index in [2.05, 4.69) is 5.32 Å². The Morgan fingerprint density at radius 3 is 2.78 bits per heavy atom. The maximum absolute atomic E-state index is 12.2. The predicted molar refractivity (Wildman–Crippen MR) is 86.3 cm³/mol. The van der Waals surface area contributed by atoms with E-state index < -0.39 is 18.1 Å². The average Bonchev–Trinajstić information content (AvgIpc) is 2.56. The maximum Gasteiger partial charge on any atom is 0.253 e. The Hall–Kier alpha value is -2.37. The lowest BCUT2D eigenvalue weighted by Crippen LogP contribution is -2.30. The summed E-state index contributed by atoms with van der Waals surface area (Å²) < 4.78 is 5.57. The first-order chi connectivity index (χ1) is 11.1. The number of ether oxygens (including phenoxy) is 1. The van der Waals surface area contributed by atoms with Crippen molar-refractivity contribution in [2.75, 3.05) is 11.9 Å². The molecule has 120 valence electrons. The third-order valence-electron chi connectivity index (χ3n) is 3.87. The lowest BCUT2D eigenvalue weighted by Gasteiger charge is -2.24. The molecule has 1 amide bonds. The fraction of sp³-hybridized carbons (Fsp3) is 0.278. The highest BCUT2D eigenvalue weighted by atomic mass is 16.5. The molecular formula is C18H19NO4. The minimum atomic E-state index is -1.15. The number of rotatable bonds is 4. The number of hydrogen-bond acceptors (Lipinski definition) is 4. The number of nitrogens with one attached hydrogen (secondary N) is 1. The summed E-state index contributed by atoms with van der Waals surface area (Å²) in [6.07, 6.45) is -0.974. The quantitative estimate of drug-likeness (QED) is 0.807. The Morgan fingerprint density at radius 2 is 2.00 bits per heavy atom. The van der Waals surface area contributed by atoms with E-state index in [-0.39, 0.29) is 6.42 Å². The van der Waals surface area contributed by atoms with Gasteiger partial charge in [-0.25, -0.2) is 0 Å². The van der Waals surface area contributed by atoms with Gasteiger partial charge in [0.1, 0.15) is 11.9 Å². The maximum atomic E-state index is 12.2. The number of carbonyl (C=O) groups excluding carboxylic acids is 1. The third kappa shape index (κ3) is 3.52. The first-order valence-electron chi connectivity index (χ1n) is 7.62. The number of anilines is 1. The van der Waals surface area contributed by atoms with Crippen LogP contribution in [0, 0.1) is 0 Å². The summed E-state index contributed by atoms with van der Waals surface area (Å²) in [6.45, 7) is 0.396. The molecule has 1 heterocycles. The molecule has 0 aromatic heterocycles. The van der Waals surface area contributed by atoms with E-state index in [1.807, 2.05) is 30.3 Å². The number of benzene rings is 2. The molecule has 1 aliphatic rings. The van der Waals surface area contributed by atoms with Crippen LogP contribution in [-0.4, -0.2) is 28.8 Å². The second-order valence-electron chi connectivity index (χ2n) is 5.57. The fourth-order valence-corrected chi connectivity index (χ4v) is 2.65. The topological polar surface area (TPSA) is 78.8 Å². The van der Waals surface area contributed by atoms with E-state index in [4.69, 9.17) is 4.74 Å². The van der Waals surface area contributed by atoms with E-state index in [0.29, 0.717) is 30.0 Å². The molecule has 0 saturated heterocycles. The molecule has 1 aliphatic heterocycles. The van der Waals surface area contributed by atoms with Crippen molar-refractivity contribution in [3.63, 3.8) is 0 Å². The number of amides is 1. The van der Waals surface area contributed by atoms with Gasteiger partial charge >= 0.3 is 0 Å². The van der Waals surface area contributed by atoms with Crippen molar-refractivity contribution in [3.05, 3.63) is 59.7 Å². The minimum Gasteiger partial charge on any atom is -0.491 e.